The largest absolute Gasteiger partial charge is 0.330 e. The number of nitrogens with zero attached hydrogens (tertiary/aromatic N) is 1. The van der Waals surface area contributed by atoms with Gasteiger partial charge in [-0.05, 0) is 57.4 Å². The molecule has 0 amide bonds. The maximum atomic E-state index is 5.66. The molecular formula is C12H24N2. The zero-order chi connectivity index (χ0) is 10.4. The van der Waals surface area contributed by atoms with Crippen molar-refractivity contribution >= 4 is 5.71 Å². The average molecular weight is 196 g/mol. The third-order valence-electron chi connectivity index (χ3n) is 3.43. The highest BCUT2D eigenvalue weighted by molar-refractivity contribution is 5.81. The molecule has 0 radical (unpaired) electrons. The van der Waals surface area contributed by atoms with Gasteiger partial charge in [0.25, 0.3) is 0 Å². The molecule has 1 rings (SSSR count). The molecule has 0 spiro atoms. The zero-order valence-corrected chi connectivity index (χ0v) is 9.63. The van der Waals surface area contributed by atoms with Crippen LogP contribution in [0.1, 0.15) is 46.0 Å². The first kappa shape index (κ1) is 11.7. The van der Waals surface area contributed by atoms with Crippen LogP contribution in [0.2, 0.25) is 0 Å². The number of hydrogen-bond acceptors (Lipinski definition) is 2. The highest BCUT2D eigenvalue weighted by atomic mass is 14.7. The van der Waals surface area contributed by atoms with E-state index in [0.29, 0.717) is 0 Å². The third-order valence-corrected chi connectivity index (χ3v) is 3.43. The Morgan fingerprint density at radius 2 is 1.79 bits per heavy atom. The SMILES string of the molecule is CC/C(C)=N/CC1CCC(CN)CC1. The lowest BCUT2D eigenvalue weighted by molar-refractivity contribution is 0.285. The van der Waals surface area contributed by atoms with Gasteiger partial charge in [0.05, 0.1) is 0 Å². The molecule has 2 heteroatoms. The van der Waals surface area contributed by atoms with E-state index in [2.05, 4.69) is 18.8 Å². The lowest BCUT2D eigenvalue weighted by Crippen LogP contribution is -2.22. The summed E-state index contributed by atoms with van der Waals surface area (Å²) in [5.74, 6) is 1.63. The molecule has 0 unspecified atom stereocenters. The summed E-state index contributed by atoms with van der Waals surface area (Å²) in [6, 6.07) is 0. The summed E-state index contributed by atoms with van der Waals surface area (Å²) in [6.07, 6.45) is 6.41. The van der Waals surface area contributed by atoms with Gasteiger partial charge in [0, 0.05) is 12.3 Å². The molecule has 82 valence electrons. The van der Waals surface area contributed by atoms with Gasteiger partial charge in [-0.25, -0.2) is 0 Å². The molecule has 0 bridgehead atoms. The van der Waals surface area contributed by atoms with E-state index in [1.807, 2.05) is 0 Å². The molecule has 0 aromatic heterocycles. The van der Waals surface area contributed by atoms with Crippen LogP contribution in [0, 0.1) is 11.8 Å². The molecule has 1 aliphatic carbocycles. The van der Waals surface area contributed by atoms with Crippen molar-refractivity contribution in [2.75, 3.05) is 13.1 Å². The summed E-state index contributed by atoms with van der Waals surface area (Å²) in [6.45, 7) is 6.23. The van der Waals surface area contributed by atoms with Crippen molar-refractivity contribution in [3.05, 3.63) is 0 Å². The van der Waals surface area contributed by atoms with E-state index in [0.717, 1.165) is 31.3 Å². The van der Waals surface area contributed by atoms with Crippen LogP contribution in [0.15, 0.2) is 4.99 Å². The van der Waals surface area contributed by atoms with Crippen LogP contribution in [0.5, 0.6) is 0 Å². The Balaban J connectivity index is 2.22. The van der Waals surface area contributed by atoms with Crippen molar-refractivity contribution in [1.29, 1.82) is 0 Å². The predicted molar refractivity (Wildman–Crippen MR) is 62.8 cm³/mol. The van der Waals surface area contributed by atoms with Gasteiger partial charge in [-0.3, -0.25) is 4.99 Å². The zero-order valence-electron chi connectivity index (χ0n) is 9.63. The van der Waals surface area contributed by atoms with Crippen LogP contribution >= 0.6 is 0 Å². The summed E-state index contributed by atoms with van der Waals surface area (Å²) in [5.41, 5.74) is 6.96. The minimum Gasteiger partial charge on any atom is -0.330 e. The van der Waals surface area contributed by atoms with Crippen LogP contribution in [-0.2, 0) is 0 Å². The molecule has 2 nitrogen and oxygen atoms in total. The van der Waals surface area contributed by atoms with Crippen molar-refractivity contribution in [3.8, 4) is 0 Å². The van der Waals surface area contributed by atoms with Crippen LogP contribution in [0.25, 0.3) is 0 Å². The molecule has 0 aromatic rings. The molecule has 0 aromatic carbocycles. The summed E-state index contributed by atoms with van der Waals surface area (Å²) in [7, 11) is 0. The van der Waals surface area contributed by atoms with Gasteiger partial charge in [0.1, 0.15) is 0 Å². The second kappa shape index (κ2) is 6.18. The second-order valence-corrected chi connectivity index (χ2v) is 4.55. The quantitative estimate of drug-likeness (QED) is 0.690. The van der Waals surface area contributed by atoms with Gasteiger partial charge in [-0.1, -0.05) is 6.92 Å². The van der Waals surface area contributed by atoms with Gasteiger partial charge < -0.3 is 5.73 Å². The van der Waals surface area contributed by atoms with E-state index in [1.165, 1.54) is 31.4 Å². The normalized spacial score (nSPS) is 29.2. The monoisotopic (exact) mass is 196 g/mol. The van der Waals surface area contributed by atoms with Gasteiger partial charge in [-0.2, -0.15) is 0 Å². The Kier molecular flexibility index (Phi) is 5.16. The Bertz CT molecular complexity index is 179. The molecule has 1 saturated carbocycles. The average Bonchev–Trinajstić information content (AvgIpc) is 2.26. The molecule has 1 fully saturated rings. The minimum atomic E-state index is 0.794. The maximum absolute atomic E-state index is 5.66. The first-order valence-electron chi connectivity index (χ1n) is 5.96. The van der Waals surface area contributed by atoms with Crippen LogP contribution in [0.3, 0.4) is 0 Å². The lowest BCUT2D eigenvalue weighted by Gasteiger charge is -2.26. The molecule has 0 heterocycles. The smallest absolute Gasteiger partial charge is 0.0416 e. The van der Waals surface area contributed by atoms with E-state index in [1.54, 1.807) is 0 Å². The topological polar surface area (TPSA) is 38.4 Å². The molecule has 2 N–H and O–H groups in total. The number of aliphatic imine (C=N–C) groups is 1. The molecule has 0 aliphatic heterocycles. The molecular weight excluding hydrogens is 172 g/mol. The summed E-state index contributed by atoms with van der Waals surface area (Å²) in [4.78, 5) is 4.60. The van der Waals surface area contributed by atoms with Crippen molar-refractivity contribution in [3.63, 3.8) is 0 Å². The summed E-state index contributed by atoms with van der Waals surface area (Å²) in [5, 5.41) is 0. The van der Waals surface area contributed by atoms with Crippen molar-refractivity contribution in [2.45, 2.75) is 46.0 Å². The Labute approximate surface area is 88.0 Å². The fourth-order valence-electron chi connectivity index (χ4n) is 2.05. The molecule has 0 atom stereocenters. The second-order valence-electron chi connectivity index (χ2n) is 4.55. The first-order valence-corrected chi connectivity index (χ1v) is 5.96. The number of rotatable bonds is 4. The highest BCUT2D eigenvalue weighted by Gasteiger charge is 2.19. The first-order chi connectivity index (χ1) is 6.76. The third kappa shape index (κ3) is 3.79. The fourth-order valence-corrected chi connectivity index (χ4v) is 2.05. The van der Waals surface area contributed by atoms with Gasteiger partial charge in [0.15, 0.2) is 0 Å². The maximum Gasteiger partial charge on any atom is 0.0416 e. The van der Waals surface area contributed by atoms with Gasteiger partial charge in [-0.15, -0.1) is 0 Å². The van der Waals surface area contributed by atoms with Gasteiger partial charge in [0.2, 0.25) is 0 Å². The predicted octanol–water partition coefficient (Wildman–Crippen LogP) is 2.62. The Morgan fingerprint density at radius 3 is 2.29 bits per heavy atom. The van der Waals surface area contributed by atoms with Crippen molar-refractivity contribution < 1.29 is 0 Å². The standard InChI is InChI=1S/C12H24N2/c1-3-10(2)14-9-12-6-4-11(8-13)5-7-12/h11-12H,3-9,13H2,1-2H3/b14-10+. The van der Waals surface area contributed by atoms with E-state index in [9.17, 15) is 0 Å². The van der Waals surface area contributed by atoms with Crippen molar-refractivity contribution in [2.24, 2.45) is 22.6 Å². The fraction of sp³-hybridized carbons (Fsp3) is 0.917. The Morgan fingerprint density at radius 1 is 1.21 bits per heavy atom. The minimum absolute atomic E-state index is 0.794. The number of hydrogen-bond donors (Lipinski definition) is 1. The van der Waals surface area contributed by atoms with E-state index >= 15 is 0 Å². The van der Waals surface area contributed by atoms with E-state index < -0.39 is 0 Å². The highest BCUT2D eigenvalue weighted by Crippen LogP contribution is 2.28. The van der Waals surface area contributed by atoms with E-state index in [-0.39, 0.29) is 0 Å². The van der Waals surface area contributed by atoms with Crippen LogP contribution < -0.4 is 5.73 Å². The van der Waals surface area contributed by atoms with Gasteiger partial charge >= 0.3 is 0 Å². The summed E-state index contributed by atoms with van der Waals surface area (Å²) >= 11 is 0. The van der Waals surface area contributed by atoms with Crippen LogP contribution in [-0.4, -0.2) is 18.8 Å². The number of nitrogens with two attached hydrogens (primary N) is 1. The molecule has 14 heavy (non-hydrogen) atoms. The molecule has 1 aliphatic rings. The molecule has 0 saturated heterocycles. The Hall–Kier alpha value is -0.370. The lowest BCUT2D eigenvalue weighted by atomic mass is 9.82. The van der Waals surface area contributed by atoms with E-state index in [4.69, 9.17) is 5.73 Å². The summed E-state index contributed by atoms with van der Waals surface area (Å²) < 4.78 is 0. The van der Waals surface area contributed by atoms with Crippen LogP contribution in [0.4, 0.5) is 0 Å². The van der Waals surface area contributed by atoms with Crippen molar-refractivity contribution in [1.82, 2.24) is 0 Å².